The molecule has 2 heterocycles. The minimum Gasteiger partial charge on any atom is -0.320 e. The topological polar surface area (TPSA) is 42.0 Å². The predicted octanol–water partition coefficient (Wildman–Crippen LogP) is 5.45. The lowest BCUT2D eigenvalue weighted by Gasteiger charge is -2.07. The third-order valence-electron chi connectivity index (χ3n) is 4.33. The van der Waals surface area contributed by atoms with E-state index in [9.17, 15) is 4.79 Å². The summed E-state index contributed by atoms with van der Waals surface area (Å²) in [6, 6.07) is 20.3. The van der Waals surface area contributed by atoms with Gasteiger partial charge in [-0.25, -0.2) is 0 Å². The van der Waals surface area contributed by atoms with Gasteiger partial charge in [-0.3, -0.25) is 9.78 Å². The van der Waals surface area contributed by atoms with Crippen molar-refractivity contribution in [3.05, 3.63) is 94.6 Å². The average molecular weight is 358 g/mol. The van der Waals surface area contributed by atoms with Crippen molar-refractivity contribution in [1.29, 1.82) is 0 Å². The van der Waals surface area contributed by atoms with Gasteiger partial charge in [-0.15, -0.1) is 11.3 Å². The fourth-order valence-corrected chi connectivity index (χ4v) is 4.11. The van der Waals surface area contributed by atoms with Gasteiger partial charge in [-0.2, -0.15) is 0 Å². The number of anilines is 1. The van der Waals surface area contributed by atoms with Crippen molar-refractivity contribution >= 4 is 33.0 Å². The maximum absolute atomic E-state index is 12.9. The van der Waals surface area contributed by atoms with Crippen LogP contribution < -0.4 is 5.32 Å². The van der Waals surface area contributed by atoms with E-state index >= 15 is 0 Å². The van der Waals surface area contributed by atoms with Crippen molar-refractivity contribution in [2.45, 2.75) is 13.3 Å². The van der Waals surface area contributed by atoms with Gasteiger partial charge < -0.3 is 5.32 Å². The first-order chi connectivity index (χ1) is 12.7. The minimum absolute atomic E-state index is 0.0821. The lowest BCUT2D eigenvalue weighted by Crippen LogP contribution is -2.12. The molecule has 1 amide bonds. The van der Waals surface area contributed by atoms with E-state index in [4.69, 9.17) is 0 Å². The number of hydrogen-bond donors (Lipinski definition) is 1. The second-order valence-electron chi connectivity index (χ2n) is 6.26. The normalized spacial score (nSPS) is 10.8. The quantitative estimate of drug-likeness (QED) is 0.527. The standard InChI is InChI=1S/C22H18N2OS/c1-15-8-10-16(11-9-15)13-19-18-6-2-3-7-20(18)26-21(19)22(25)24-17-5-4-12-23-14-17/h2-12,14H,13H2,1H3,(H,24,25). The molecule has 2 aromatic heterocycles. The number of hydrogen-bond acceptors (Lipinski definition) is 3. The Morgan fingerprint density at radius 2 is 1.85 bits per heavy atom. The van der Waals surface area contributed by atoms with Crippen molar-refractivity contribution in [3.8, 4) is 0 Å². The molecule has 0 aliphatic heterocycles. The highest BCUT2D eigenvalue weighted by Gasteiger charge is 2.18. The summed E-state index contributed by atoms with van der Waals surface area (Å²) in [4.78, 5) is 17.7. The highest BCUT2D eigenvalue weighted by Crippen LogP contribution is 2.33. The van der Waals surface area contributed by atoms with Crippen LogP contribution in [0.4, 0.5) is 5.69 Å². The lowest BCUT2D eigenvalue weighted by molar-refractivity contribution is 0.103. The van der Waals surface area contributed by atoms with Crippen LogP contribution in [0.3, 0.4) is 0 Å². The number of carbonyl (C=O) groups is 1. The highest BCUT2D eigenvalue weighted by molar-refractivity contribution is 7.21. The largest absolute Gasteiger partial charge is 0.320 e. The Morgan fingerprint density at radius 3 is 2.62 bits per heavy atom. The first kappa shape index (κ1) is 16.5. The molecule has 128 valence electrons. The van der Waals surface area contributed by atoms with Gasteiger partial charge in [0.1, 0.15) is 0 Å². The number of benzene rings is 2. The Labute approximate surface area is 156 Å². The first-order valence-electron chi connectivity index (χ1n) is 8.48. The predicted molar refractivity (Wildman–Crippen MR) is 108 cm³/mol. The number of aromatic nitrogens is 1. The van der Waals surface area contributed by atoms with E-state index in [0.29, 0.717) is 5.69 Å². The number of nitrogens with zero attached hydrogens (tertiary/aromatic N) is 1. The molecule has 4 heteroatoms. The van der Waals surface area contributed by atoms with Crippen molar-refractivity contribution in [3.63, 3.8) is 0 Å². The number of fused-ring (bicyclic) bond motifs is 1. The summed E-state index contributed by atoms with van der Waals surface area (Å²) in [5.74, 6) is -0.0821. The fraction of sp³-hybridized carbons (Fsp3) is 0.0909. The summed E-state index contributed by atoms with van der Waals surface area (Å²) in [6.45, 7) is 2.08. The molecule has 0 saturated carbocycles. The zero-order valence-corrected chi connectivity index (χ0v) is 15.2. The van der Waals surface area contributed by atoms with Crippen LogP contribution >= 0.6 is 11.3 Å². The molecular weight excluding hydrogens is 340 g/mol. The molecule has 0 spiro atoms. The monoisotopic (exact) mass is 358 g/mol. The number of carbonyl (C=O) groups excluding carboxylic acids is 1. The maximum atomic E-state index is 12.9. The molecule has 2 aromatic carbocycles. The Balaban J connectivity index is 1.73. The molecule has 0 aliphatic rings. The van der Waals surface area contributed by atoms with Gasteiger partial charge in [0.15, 0.2) is 0 Å². The molecule has 0 radical (unpaired) electrons. The summed E-state index contributed by atoms with van der Waals surface area (Å²) < 4.78 is 1.13. The summed E-state index contributed by atoms with van der Waals surface area (Å²) in [5, 5.41) is 4.11. The van der Waals surface area contributed by atoms with E-state index in [0.717, 1.165) is 26.9 Å². The van der Waals surface area contributed by atoms with Crippen molar-refractivity contribution in [1.82, 2.24) is 4.98 Å². The summed E-state index contributed by atoms with van der Waals surface area (Å²) in [6.07, 6.45) is 4.09. The number of thiophene rings is 1. The van der Waals surface area contributed by atoms with Crippen LogP contribution in [0, 0.1) is 6.92 Å². The number of aryl methyl sites for hydroxylation is 1. The first-order valence-corrected chi connectivity index (χ1v) is 9.30. The molecule has 4 rings (SSSR count). The molecule has 0 saturated heterocycles. The second-order valence-corrected chi connectivity index (χ2v) is 7.32. The van der Waals surface area contributed by atoms with E-state index in [2.05, 4.69) is 53.6 Å². The minimum atomic E-state index is -0.0821. The smallest absolute Gasteiger partial charge is 0.266 e. The van der Waals surface area contributed by atoms with E-state index in [1.165, 1.54) is 11.1 Å². The van der Waals surface area contributed by atoms with Crippen LogP contribution in [0.25, 0.3) is 10.1 Å². The van der Waals surface area contributed by atoms with Crippen LogP contribution in [-0.4, -0.2) is 10.9 Å². The SMILES string of the molecule is Cc1ccc(Cc2c(C(=O)Nc3cccnc3)sc3ccccc23)cc1. The molecule has 0 bridgehead atoms. The zero-order valence-electron chi connectivity index (χ0n) is 14.4. The van der Waals surface area contributed by atoms with Crippen LogP contribution in [0.15, 0.2) is 73.1 Å². The number of amides is 1. The van der Waals surface area contributed by atoms with E-state index in [-0.39, 0.29) is 5.91 Å². The summed E-state index contributed by atoms with van der Waals surface area (Å²) >= 11 is 1.54. The van der Waals surface area contributed by atoms with Crippen molar-refractivity contribution < 1.29 is 4.79 Å². The molecule has 3 nitrogen and oxygen atoms in total. The van der Waals surface area contributed by atoms with Crippen molar-refractivity contribution in [2.75, 3.05) is 5.32 Å². The third-order valence-corrected chi connectivity index (χ3v) is 5.54. The van der Waals surface area contributed by atoms with Crippen molar-refractivity contribution in [2.24, 2.45) is 0 Å². The number of pyridine rings is 1. The third kappa shape index (κ3) is 3.37. The van der Waals surface area contributed by atoms with Crippen LogP contribution in [0.2, 0.25) is 0 Å². The zero-order chi connectivity index (χ0) is 17.9. The summed E-state index contributed by atoms with van der Waals surface area (Å²) in [5.41, 5.74) is 4.22. The second kappa shape index (κ2) is 7.10. The van der Waals surface area contributed by atoms with Gasteiger partial charge in [-0.1, -0.05) is 48.0 Å². The van der Waals surface area contributed by atoms with Crippen LogP contribution in [0.1, 0.15) is 26.4 Å². The Bertz CT molecular complexity index is 1050. The van der Waals surface area contributed by atoms with Gasteiger partial charge in [0, 0.05) is 10.9 Å². The highest BCUT2D eigenvalue weighted by atomic mass is 32.1. The molecule has 0 atom stereocenters. The Kier molecular flexibility index (Phi) is 4.50. The van der Waals surface area contributed by atoms with Gasteiger partial charge >= 0.3 is 0 Å². The van der Waals surface area contributed by atoms with Gasteiger partial charge in [-0.05, 0) is 48.1 Å². The molecular formula is C22H18N2OS. The summed E-state index contributed by atoms with van der Waals surface area (Å²) in [7, 11) is 0. The molecule has 4 aromatic rings. The molecule has 0 unspecified atom stereocenters. The van der Waals surface area contributed by atoms with E-state index in [1.54, 1.807) is 23.7 Å². The molecule has 1 N–H and O–H groups in total. The van der Waals surface area contributed by atoms with Gasteiger partial charge in [0.2, 0.25) is 0 Å². The molecule has 0 fully saturated rings. The average Bonchev–Trinajstić information content (AvgIpc) is 3.03. The van der Waals surface area contributed by atoms with E-state index < -0.39 is 0 Å². The van der Waals surface area contributed by atoms with Crippen LogP contribution in [-0.2, 0) is 6.42 Å². The van der Waals surface area contributed by atoms with Crippen LogP contribution in [0.5, 0.6) is 0 Å². The lowest BCUT2D eigenvalue weighted by atomic mass is 10.0. The fourth-order valence-electron chi connectivity index (χ4n) is 2.99. The van der Waals surface area contributed by atoms with Gasteiger partial charge in [0.25, 0.3) is 5.91 Å². The van der Waals surface area contributed by atoms with Gasteiger partial charge in [0.05, 0.1) is 16.8 Å². The Hall–Kier alpha value is -2.98. The Morgan fingerprint density at radius 1 is 1.04 bits per heavy atom. The number of rotatable bonds is 4. The number of nitrogens with one attached hydrogen (secondary N) is 1. The maximum Gasteiger partial charge on any atom is 0.266 e. The molecule has 0 aliphatic carbocycles. The van der Waals surface area contributed by atoms with E-state index in [1.807, 2.05) is 24.3 Å². The molecule has 26 heavy (non-hydrogen) atoms.